The summed E-state index contributed by atoms with van der Waals surface area (Å²) in [6.07, 6.45) is -0.0681. The van der Waals surface area contributed by atoms with Crippen LogP contribution in [0.1, 0.15) is 43.6 Å². The average Bonchev–Trinajstić information content (AvgIpc) is 2.52. The third-order valence-corrected chi connectivity index (χ3v) is 6.54. The van der Waals surface area contributed by atoms with Crippen LogP contribution in [0.2, 0.25) is 5.02 Å². The van der Waals surface area contributed by atoms with Crippen molar-refractivity contribution >= 4 is 27.2 Å². The lowest BCUT2D eigenvalue weighted by atomic mass is 9.87. The SMILES string of the molecule is Cc1ccc(S(=O)(=O)C(CC(=O)C(C)(C)C)c2ccc(Cl)cc2)cc1. The Balaban J connectivity index is 2.51. The fourth-order valence-corrected chi connectivity index (χ4v) is 4.31. The molecule has 0 fully saturated rings. The van der Waals surface area contributed by atoms with Crippen LogP contribution in [0.3, 0.4) is 0 Å². The van der Waals surface area contributed by atoms with Crippen molar-refractivity contribution in [1.29, 1.82) is 0 Å². The molecule has 0 amide bonds. The number of carbonyl (C=O) groups excluding carboxylic acids is 1. The van der Waals surface area contributed by atoms with Crippen molar-refractivity contribution < 1.29 is 13.2 Å². The van der Waals surface area contributed by atoms with Crippen molar-refractivity contribution in [2.45, 2.75) is 44.3 Å². The molecule has 2 aromatic carbocycles. The highest BCUT2D eigenvalue weighted by Crippen LogP contribution is 2.35. The monoisotopic (exact) mass is 378 g/mol. The lowest BCUT2D eigenvalue weighted by Crippen LogP contribution is -2.25. The Morgan fingerprint density at radius 1 is 1.00 bits per heavy atom. The summed E-state index contributed by atoms with van der Waals surface area (Å²) in [4.78, 5) is 12.8. The maximum absolute atomic E-state index is 13.2. The Morgan fingerprint density at radius 2 is 1.52 bits per heavy atom. The van der Waals surface area contributed by atoms with Crippen LogP contribution in [0, 0.1) is 12.3 Å². The van der Waals surface area contributed by atoms with E-state index in [-0.39, 0.29) is 17.1 Å². The summed E-state index contributed by atoms with van der Waals surface area (Å²) in [6, 6.07) is 13.4. The van der Waals surface area contributed by atoms with E-state index in [0.717, 1.165) is 5.56 Å². The molecule has 0 aromatic heterocycles. The number of benzene rings is 2. The Labute approximate surface area is 154 Å². The van der Waals surface area contributed by atoms with Crippen LogP contribution in [0.5, 0.6) is 0 Å². The number of Topliss-reactive ketones (excluding diaryl/α,β-unsaturated/α-hetero) is 1. The van der Waals surface area contributed by atoms with Crippen LogP contribution in [-0.4, -0.2) is 14.2 Å². The number of carbonyl (C=O) groups is 1. The predicted octanol–water partition coefficient (Wildman–Crippen LogP) is 5.17. The van der Waals surface area contributed by atoms with E-state index in [1.54, 1.807) is 69.3 Å². The van der Waals surface area contributed by atoms with Gasteiger partial charge in [0.2, 0.25) is 0 Å². The van der Waals surface area contributed by atoms with Crippen LogP contribution >= 0.6 is 11.6 Å². The summed E-state index contributed by atoms with van der Waals surface area (Å²) in [7, 11) is -3.70. The van der Waals surface area contributed by atoms with Gasteiger partial charge >= 0.3 is 0 Å². The summed E-state index contributed by atoms with van der Waals surface area (Å²) in [5.41, 5.74) is 0.948. The minimum Gasteiger partial charge on any atom is -0.299 e. The molecule has 0 saturated heterocycles. The molecule has 2 aromatic rings. The largest absolute Gasteiger partial charge is 0.299 e. The molecule has 0 bridgehead atoms. The molecule has 5 heteroatoms. The van der Waals surface area contributed by atoms with E-state index in [1.165, 1.54) is 0 Å². The van der Waals surface area contributed by atoms with E-state index in [1.807, 2.05) is 6.92 Å². The third kappa shape index (κ3) is 4.71. The second-order valence-electron chi connectivity index (χ2n) is 7.28. The van der Waals surface area contributed by atoms with E-state index < -0.39 is 20.5 Å². The van der Waals surface area contributed by atoms with Gasteiger partial charge in [-0.1, -0.05) is 62.2 Å². The number of hydrogen-bond acceptors (Lipinski definition) is 3. The molecular weight excluding hydrogens is 356 g/mol. The normalized spacial score (nSPS) is 13.5. The third-order valence-electron chi connectivity index (χ3n) is 4.17. The lowest BCUT2D eigenvalue weighted by Gasteiger charge is -2.23. The molecule has 0 aliphatic rings. The summed E-state index contributed by atoms with van der Waals surface area (Å²) in [5, 5.41) is -0.406. The van der Waals surface area contributed by atoms with Crippen LogP contribution < -0.4 is 0 Å². The molecular formula is C20H23ClO3S. The quantitative estimate of drug-likeness (QED) is 0.721. The van der Waals surface area contributed by atoms with Crippen molar-refractivity contribution in [1.82, 2.24) is 0 Å². The van der Waals surface area contributed by atoms with Crippen LogP contribution in [0.4, 0.5) is 0 Å². The zero-order valence-corrected chi connectivity index (χ0v) is 16.5. The molecule has 0 saturated carbocycles. The van der Waals surface area contributed by atoms with Crippen molar-refractivity contribution in [3.63, 3.8) is 0 Å². The average molecular weight is 379 g/mol. The van der Waals surface area contributed by atoms with Crippen molar-refractivity contribution in [3.05, 3.63) is 64.7 Å². The molecule has 0 heterocycles. The van der Waals surface area contributed by atoms with Crippen molar-refractivity contribution in [2.75, 3.05) is 0 Å². The predicted molar refractivity (Wildman–Crippen MR) is 102 cm³/mol. The molecule has 3 nitrogen and oxygen atoms in total. The standard InChI is InChI=1S/C20H23ClO3S/c1-14-5-11-17(12-6-14)25(23,24)18(13-19(22)20(2,3)4)15-7-9-16(21)10-8-15/h5-12,18H,13H2,1-4H3. The van der Waals surface area contributed by atoms with Crippen LogP contribution in [0.25, 0.3) is 0 Å². The topological polar surface area (TPSA) is 51.2 Å². The van der Waals surface area contributed by atoms with Gasteiger partial charge < -0.3 is 0 Å². The summed E-state index contributed by atoms with van der Waals surface area (Å²) >= 11 is 5.93. The molecule has 2 rings (SSSR count). The summed E-state index contributed by atoms with van der Waals surface area (Å²) < 4.78 is 26.4. The van der Waals surface area contributed by atoms with Crippen LogP contribution in [0.15, 0.2) is 53.4 Å². The number of aryl methyl sites for hydroxylation is 1. The van der Waals surface area contributed by atoms with Gasteiger partial charge in [-0.05, 0) is 36.8 Å². The molecule has 1 atom stereocenters. The second-order valence-corrected chi connectivity index (χ2v) is 9.84. The molecule has 25 heavy (non-hydrogen) atoms. The summed E-state index contributed by atoms with van der Waals surface area (Å²) in [5.74, 6) is -0.0943. The summed E-state index contributed by atoms with van der Waals surface area (Å²) in [6.45, 7) is 7.29. The highest BCUT2D eigenvalue weighted by Gasteiger charge is 2.34. The molecule has 1 unspecified atom stereocenters. The highest BCUT2D eigenvalue weighted by atomic mass is 35.5. The van der Waals surface area contributed by atoms with E-state index >= 15 is 0 Å². The van der Waals surface area contributed by atoms with Gasteiger partial charge in [0, 0.05) is 16.9 Å². The van der Waals surface area contributed by atoms with Crippen molar-refractivity contribution in [3.8, 4) is 0 Å². The maximum Gasteiger partial charge on any atom is 0.185 e. The number of halogens is 1. The Hall–Kier alpha value is -1.65. The first-order valence-electron chi connectivity index (χ1n) is 8.11. The van der Waals surface area contributed by atoms with Gasteiger partial charge in [0.05, 0.1) is 10.1 Å². The molecule has 0 N–H and O–H groups in total. The minimum atomic E-state index is -3.70. The first-order valence-corrected chi connectivity index (χ1v) is 10.0. The number of hydrogen-bond donors (Lipinski definition) is 0. The number of ketones is 1. The molecule has 0 radical (unpaired) electrons. The molecule has 0 aliphatic heterocycles. The van der Waals surface area contributed by atoms with E-state index in [0.29, 0.717) is 10.6 Å². The van der Waals surface area contributed by atoms with Gasteiger partial charge in [-0.25, -0.2) is 8.42 Å². The molecule has 0 spiro atoms. The highest BCUT2D eigenvalue weighted by molar-refractivity contribution is 7.91. The number of rotatable bonds is 5. The Morgan fingerprint density at radius 3 is 2.00 bits per heavy atom. The number of sulfone groups is 1. The second kappa shape index (κ2) is 7.30. The van der Waals surface area contributed by atoms with E-state index in [2.05, 4.69) is 0 Å². The maximum atomic E-state index is 13.2. The molecule has 134 valence electrons. The lowest BCUT2D eigenvalue weighted by molar-refractivity contribution is -0.126. The van der Waals surface area contributed by atoms with E-state index in [4.69, 9.17) is 11.6 Å². The fraction of sp³-hybridized carbons (Fsp3) is 0.350. The Kier molecular flexibility index (Phi) is 5.75. The first-order chi connectivity index (χ1) is 11.5. The van der Waals surface area contributed by atoms with Gasteiger partial charge in [0.15, 0.2) is 9.84 Å². The van der Waals surface area contributed by atoms with Gasteiger partial charge in [0.25, 0.3) is 0 Å². The van der Waals surface area contributed by atoms with E-state index in [9.17, 15) is 13.2 Å². The van der Waals surface area contributed by atoms with Crippen LogP contribution in [-0.2, 0) is 14.6 Å². The van der Waals surface area contributed by atoms with Gasteiger partial charge in [-0.3, -0.25) is 4.79 Å². The van der Waals surface area contributed by atoms with Crippen molar-refractivity contribution in [2.24, 2.45) is 5.41 Å². The zero-order valence-electron chi connectivity index (χ0n) is 14.9. The fourth-order valence-electron chi connectivity index (χ4n) is 2.45. The minimum absolute atomic E-state index is 0.0681. The van der Waals surface area contributed by atoms with Gasteiger partial charge in [0.1, 0.15) is 5.78 Å². The smallest absolute Gasteiger partial charge is 0.185 e. The van der Waals surface area contributed by atoms with Gasteiger partial charge in [-0.15, -0.1) is 0 Å². The Bertz CT molecular complexity index is 845. The first kappa shape index (κ1) is 19.7. The molecule has 0 aliphatic carbocycles. The zero-order chi connectivity index (χ0) is 18.8. The van der Waals surface area contributed by atoms with Gasteiger partial charge in [-0.2, -0.15) is 0 Å².